The number of carbonyl (C=O) groups excluding carboxylic acids is 1. The van der Waals surface area contributed by atoms with Crippen LogP contribution >= 0.6 is 11.3 Å². The van der Waals surface area contributed by atoms with Crippen molar-refractivity contribution in [1.82, 2.24) is 5.32 Å². The average Bonchev–Trinajstić information content (AvgIpc) is 2.68. The van der Waals surface area contributed by atoms with Crippen LogP contribution in [0.5, 0.6) is 0 Å². The summed E-state index contributed by atoms with van der Waals surface area (Å²) in [5, 5.41) is 4.60. The minimum absolute atomic E-state index is 0.0735. The van der Waals surface area contributed by atoms with Crippen molar-refractivity contribution in [2.24, 2.45) is 0 Å². The van der Waals surface area contributed by atoms with E-state index in [1.165, 1.54) is 11.3 Å². The molecule has 1 aliphatic rings. The lowest BCUT2D eigenvalue weighted by Crippen LogP contribution is -2.42. The van der Waals surface area contributed by atoms with Gasteiger partial charge in [-0.25, -0.2) is 8.42 Å². The van der Waals surface area contributed by atoms with E-state index in [0.717, 1.165) is 6.42 Å². The molecule has 0 saturated carbocycles. The van der Waals surface area contributed by atoms with Crippen molar-refractivity contribution in [3.63, 3.8) is 0 Å². The summed E-state index contributed by atoms with van der Waals surface area (Å²) in [6.07, 6.45) is 1.38. The highest BCUT2D eigenvalue weighted by Gasteiger charge is 2.26. The van der Waals surface area contributed by atoms with Gasteiger partial charge in [-0.1, -0.05) is 6.07 Å². The maximum atomic E-state index is 11.7. The zero-order chi connectivity index (χ0) is 11.6. The summed E-state index contributed by atoms with van der Waals surface area (Å²) in [6.45, 7) is 0. The van der Waals surface area contributed by atoms with E-state index in [-0.39, 0.29) is 23.5 Å². The Labute approximate surface area is 98.6 Å². The van der Waals surface area contributed by atoms with Gasteiger partial charge in [0.05, 0.1) is 16.4 Å². The van der Waals surface area contributed by atoms with Crippen LogP contribution in [0.4, 0.5) is 0 Å². The highest BCUT2D eigenvalue weighted by Crippen LogP contribution is 2.14. The Hall–Kier alpha value is -0.880. The van der Waals surface area contributed by atoms with Gasteiger partial charge >= 0.3 is 0 Å². The van der Waals surface area contributed by atoms with Gasteiger partial charge in [0.2, 0.25) is 0 Å². The van der Waals surface area contributed by atoms with Crippen molar-refractivity contribution in [1.29, 1.82) is 0 Å². The van der Waals surface area contributed by atoms with Gasteiger partial charge in [-0.3, -0.25) is 4.79 Å². The second kappa shape index (κ2) is 4.55. The smallest absolute Gasteiger partial charge is 0.261 e. The first-order valence-corrected chi connectivity index (χ1v) is 7.82. The van der Waals surface area contributed by atoms with Crippen LogP contribution in [0.25, 0.3) is 0 Å². The van der Waals surface area contributed by atoms with Gasteiger partial charge in [-0.05, 0) is 24.3 Å². The highest BCUT2D eigenvalue weighted by atomic mass is 32.2. The highest BCUT2D eigenvalue weighted by molar-refractivity contribution is 7.91. The van der Waals surface area contributed by atoms with E-state index in [1.807, 2.05) is 5.38 Å². The van der Waals surface area contributed by atoms with Crippen LogP contribution in [0, 0.1) is 0 Å². The van der Waals surface area contributed by atoms with Crippen molar-refractivity contribution in [2.75, 3.05) is 11.5 Å². The largest absolute Gasteiger partial charge is 0.348 e. The molecule has 1 fully saturated rings. The van der Waals surface area contributed by atoms with Crippen molar-refractivity contribution in [3.8, 4) is 0 Å². The SMILES string of the molecule is O=C(NC1CCCS(=O)(=O)C1)c1cccs1. The lowest BCUT2D eigenvalue weighted by atomic mass is 10.2. The topological polar surface area (TPSA) is 63.2 Å². The molecule has 2 rings (SSSR count). The molecule has 0 aromatic carbocycles. The number of sulfone groups is 1. The third-order valence-corrected chi connectivity index (χ3v) is 5.23. The van der Waals surface area contributed by atoms with Gasteiger partial charge < -0.3 is 5.32 Å². The average molecular weight is 259 g/mol. The van der Waals surface area contributed by atoms with E-state index in [2.05, 4.69) is 5.32 Å². The number of hydrogen-bond donors (Lipinski definition) is 1. The fourth-order valence-electron chi connectivity index (χ4n) is 1.80. The first-order valence-electron chi connectivity index (χ1n) is 5.12. The molecule has 1 aromatic heterocycles. The predicted octanol–water partition coefficient (Wildman–Crippen LogP) is 1.06. The summed E-state index contributed by atoms with van der Waals surface area (Å²) in [7, 11) is -2.96. The molecule has 0 radical (unpaired) electrons. The Balaban J connectivity index is 1.98. The van der Waals surface area contributed by atoms with Crippen molar-refractivity contribution in [2.45, 2.75) is 18.9 Å². The van der Waals surface area contributed by atoms with E-state index in [9.17, 15) is 13.2 Å². The van der Waals surface area contributed by atoms with Crippen molar-refractivity contribution in [3.05, 3.63) is 22.4 Å². The molecule has 1 aliphatic heterocycles. The van der Waals surface area contributed by atoms with Gasteiger partial charge in [-0.15, -0.1) is 11.3 Å². The second-order valence-corrected chi connectivity index (χ2v) is 7.08. The molecule has 16 heavy (non-hydrogen) atoms. The van der Waals surface area contributed by atoms with Crippen LogP contribution in [-0.2, 0) is 9.84 Å². The lowest BCUT2D eigenvalue weighted by molar-refractivity contribution is 0.0942. The van der Waals surface area contributed by atoms with E-state index in [4.69, 9.17) is 0 Å². The number of carbonyl (C=O) groups is 1. The van der Waals surface area contributed by atoms with E-state index >= 15 is 0 Å². The summed E-state index contributed by atoms with van der Waals surface area (Å²) in [6, 6.07) is 3.31. The second-order valence-electron chi connectivity index (χ2n) is 3.90. The molecule has 1 aromatic rings. The standard InChI is InChI=1S/C10H13NO3S2/c12-10(9-4-1-5-15-9)11-8-3-2-6-16(13,14)7-8/h1,4-5,8H,2-3,6-7H2,(H,11,12). The Morgan fingerprint density at radius 1 is 1.50 bits per heavy atom. The van der Waals surface area contributed by atoms with Crippen LogP contribution in [0.1, 0.15) is 22.5 Å². The quantitative estimate of drug-likeness (QED) is 0.863. The molecule has 2 heterocycles. The number of hydrogen-bond acceptors (Lipinski definition) is 4. The molecule has 4 nitrogen and oxygen atoms in total. The summed E-state index contributed by atoms with van der Waals surface area (Å²) in [4.78, 5) is 12.3. The molecule has 88 valence electrons. The fourth-order valence-corrected chi connectivity index (χ4v) is 4.06. The normalized spacial score (nSPS) is 23.9. The first-order chi connectivity index (χ1) is 7.57. The van der Waals surface area contributed by atoms with Gasteiger partial charge in [0.1, 0.15) is 0 Å². The number of thiophene rings is 1. The first kappa shape index (κ1) is 11.6. The molecular formula is C10H13NO3S2. The lowest BCUT2D eigenvalue weighted by Gasteiger charge is -2.22. The van der Waals surface area contributed by atoms with Crippen LogP contribution in [0.2, 0.25) is 0 Å². The molecular weight excluding hydrogens is 246 g/mol. The van der Waals surface area contributed by atoms with E-state index < -0.39 is 9.84 Å². The molecule has 1 atom stereocenters. The maximum Gasteiger partial charge on any atom is 0.261 e. The van der Waals surface area contributed by atoms with Crippen LogP contribution in [0.15, 0.2) is 17.5 Å². The molecule has 6 heteroatoms. The monoisotopic (exact) mass is 259 g/mol. The minimum Gasteiger partial charge on any atom is -0.348 e. The zero-order valence-electron chi connectivity index (χ0n) is 8.68. The van der Waals surface area contributed by atoms with Crippen molar-refractivity contribution < 1.29 is 13.2 Å². The maximum absolute atomic E-state index is 11.7. The summed E-state index contributed by atoms with van der Waals surface area (Å²) in [5.41, 5.74) is 0. The molecule has 0 aliphatic carbocycles. The minimum atomic E-state index is -2.96. The summed E-state index contributed by atoms with van der Waals surface area (Å²) < 4.78 is 22.8. The van der Waals surface area contributed by atoms with E-state index in [1.54, 1.807) is 12.1 Å². The summed E-state index contributed by atoms with van der Waals surface area (Å²) in [5.74, 6) is 0.153. The molecule has 0 bridgehead atoms. The molecule has 1 saturated heterocycles. The van der Waals surface area contributed by atoms with Gasteiger partial charge in [0.15, 0.2) is 9.84 Å². The van der Waals surface area contributed by atoms with E-state index in [0.29, 0.717) is 11.3 Å². The van der Waals surface area contributed by atoms with Gasteiger partial charge in [0, 0.05) is 6.04 Å². The Bertz CT molecular complexity index is 464. The predicted molar refractivity (Wildman–Crippen MR) is 63.5 cm³/mol. The fraction of sp³-hybridized carbons (Fsp3) is 0.500. The summed E-state index contributed by atoms with van der Waals surface area (Å²) >= 11 is 1.36. The van der Waals surface area contributed by atoms with Crippen LogP contribution in [0.3, 0.4) is 0 Å². The van der Waals surface area contributed by atoms with Crippen molar-refractivity contribution >= 4 is 27.1 Å². The van der Waals surface area contributed by atoms with Gasteiger partial charge in [0.25, 0.3) is 5.91 Å². The van der Waals surface area contributed by atoms with Gasteiger partial charge in [-0.2, -0.15) is 0 Å². The molecule has 1 N–H and O–H groups in total. The number of rotatable bonds is 2. The molecule has 0 spiro atoms. The zero-order valence-corrected chi connectivity index (χ0v) is 10.3. The van der Waals surface area contributed by atoms with Crippen LogP contribution in [-0.4, -0.2) is 31.9 Å². The Morgan fingerprint density at radius 2 is 2.31 bits per heavy atom. The van der Waals surface area contributed by atoms with Crippen LogP contribution < -0.4 is 5.32 Å². The third kappa shape index (κ3) is 2.82. The Morgan fingerprint density at radius 3 is 2.94 bits per heavy atom. The third-order valence-electron chi connectivity index (χ3n) is 2.54. The number of nitrogens with one attached hydrogen (secondary N) is 1. The molecule has 1 amide bonds. The number of amides is 1. The Kier molecular flexibility index (Phi) is 3.30. The molecule has 1 unspecified atom stereocenters.